The number of aliphatic hydroxyl groups excluding tert-OH is 1. The van der Waals surface area contributed by atoms with Crippen molar-refractivity contribution in [3.63, 3.8) is 0 Å². The molecule has 0 atom stereocenters. The molecule has 1 rings (SSSR count). The highest BCUT2D eigenvalue weighted by Crippen LogP contribution is 2.15. The van der Waals surface area contributed by atoms with E-state index in [4.69, 9.17) is 9.84 Å². The van der Waals surface area contributed by atoms with Crippen molar-refractivity contribution in [2.75, 3.05) is 18.5 Å². The van der Waals surface area contributed by atoms with Crippen LogP contribution in [-0.2, 0) is 9.59 Å². The Kier molecular flexibility index (Phi) is 5.52. The second-order valence-electron chi connectivity index (χ2n) is 4.91. The zero-order valence-corrected chi connectivity index (χ0v) is 11.9. The molecule has 1 aromatic carbocycles. The van der Waals surface area contributed by atoms with Crippen molar-refractivity contribution in [1.82, 2.24) is 5.32 Å². The molecule has 0 aliphatic heterocycles. The van der Waals surface area contributed by atoms with Gasteiger partial charge in [-0.05, 0) is 45.0 Å². The smallest absolute Gasteiger partial charge is 0.313 e. The second-order valence-corrected chi connectivity index (χ2v) is 4.91. The number of hydrogen-bond acceptors (Lipinski definition) is 4. The number of ether oxygens (including phenoxy) is 1. The molecule has 0 radical (unpaired) electrons. The van der Waals surface area contributed by atoms with Crippen LogP contribution in [0.2, 0.25) is 0 Å². The van der Waals surface area contributed by atoms with Gasteiger partial charge < -0.3 is 20.5 Å². The maximum atomic E-state index is 11.7. The van der Waals surface area contributed by atoms with Crippen molar-refractivity contribution in [2.24, 2.45) is 0 Å². The van der Waals surface area contributed by atoms with E-state index in [9.17, 15) is 9.59 Å². The Morgan fingerprint density at radius 1 is 1.20 bits per heavy atom. The van der Waals surface area contributed by atoms with E-state index in [2.05, 4.69) is 10.6 Å². The predicted octanol–water partition coefficient (Wildman–Crippen LogP) is 0.911. The van der Waals surface area contributed by atoms with Gasteiger partial charge in [-0.3, -0.25) is 9.59 Å². The van der Waals surface area contributed by atoms with Crippen molar-refractivity contribution in [3.8, 4) is 5.75 Å². The first-order chi connectivity index (χ1) is 9.38. The summed E-state index contributed by atoms with van der Waals surface area (Å²) in [5, 5.41) is 13.9. The predicted molar refractivity (Wildman–Crippen MR) is 75.5 cm³/mol. The molecule has 0 heterocycles. The first-order valence-electron chi connectivity index (χ1n) is 6.35. The number of benzene rings is 1. The molecule has 3 N–H and O–H groups in total. The van der Waals surface area contributed by atoms with Gasteiger partial charge in [-0.1, -0.05) is 0 Å². The molecule has 20 heavy (non-hydrogen) atoms. The first-order valence-corrected chi connectivity index (χ1v) is 6.35. The van der Waals surface area contributed by atoms with Gasteiger partial charge in [0.2, 0.25) is 0 Å². The van der Waals surface area contributed by atoms with Crippen LogP contribution in [0.3, 0.4) is 0 Å². The molecule has 0 bridgehead atoms. The van der Waals surface area contributed by atoms with Crippen LogP contribution in [0.15, 0.2) is 24.3 Å². The number of nitrogens with one attached hydrogen (secondary N) is 2. The Morgan fingerprint density at radius 3 is 2.30 bits per heavy atom. The number of rotatable bonds is 5. The SMILES string of the molecule is CCOc1ccc(NC(=O)C(=O)NC(C)(C)CO)cc1. The zero-order valence-electron chi connectivity index (χ0n) is 11.9. The van der Waals surface area contributed by atoms with Gasteiger partial charge in [0.15, 0.2) is 0 Å². The number of aliphatic hydroxyl groups is 1. The number of anilines is 1. The van der Waals surface area contributed by atoms with Gasteiger partial charge in [0.05, 0.1) is 18.8 Å². The van der Waals surface area contributed by atoms with Crippen LogP contribution in [0, 0.1) is 0 Å². The van der Waals surface area contributed by atoms with Crippen LogP contribution in [-0.4, -0.2) is 35.7 Å². The standard InChI is InChI=1S/C14H20N2O4/c1-4-20-11-7-5-10(6-8-11)15-12(18)13(19)16-14(2,3)9-17/h5-8,17H,4,9H2,1-3H3,(H,15,18)(H,16,19). The highest BCUT2D eigenvalue weighted by molar-refractivity contribution is 6.39. The minimum atomic E-state index is -0.840. The van der Waals surface area contributed by atoms with Gasteiger partial charge in [0, 0.05) is 5.69 Å². The van der Waals surface area contributed by atoms with Crippen LogP contribution in [0.4, 0.5) is 5.69 Å². The molecular formula is C14H20N2O4. The minimum absolute atomic E-state index is 0.255. The third kappa shape index (κ3) is 4.89. The Hall–Kier alpha value is -2.08. The van der Waals surface area contributed by atoms with E-state index < -0.39 is 17.4 Å². The van der Waals surface area contributed by atoms with Crippen LogP contribution in [0.1, 0.15) is 20.8 Å². The highest BCUT2D eigenvalue weighted by atomic mass is 16.5. The fourth-order valence-electron chi connectivity index (χ4n) is 1.39. The molecule has 0 fully saturated rings. The van der Waals surface area contributed by atoms with Crippen LogP contribution in [0.5, 0.6) is 5.75 Å². The summed E-state index contributed by atoms with van der Waals surface area (Å²) in [5.74, 6) is -0.884. The third-order valence-corrected chi connectivity index (χ3v) is 2.48. The molecule has 0 aliphatic carbocycles. The van der Waals surface area contributed by atoms with E-state index >= 15 is 0 Å². The molecule has 6 heteroatoms. The zero-order chi connectivity index (χ0) is 15.2. The molecule has 110 valence electrons. The summed E-state index contributed by atoms with van der Waals surface area (Å²) in [4.78, 5) is 23.3. The van der Waals surface area contributed by atoms with Gasteiger partial charge in [-0.15, -0.1) is 0 Å². The fraction of sp³-hybridized carbons (Fsp3) is 0.429. The van der Waals surface area contributed by atoms with Crippen LogP contribution < -0.4 is 15.4 Å². The Labute approximate surface area is 118 Å². The van der Waals surface area contributed by atoms with Crippen molar-refractivity contribution < 1.29 is 19.4 Å². The van der Waals surface area contributed by atoms with Crippen molar-refractivity contribution >= 4 is 17.5 Å². The highest BCUT2D eigenvalue weighted by Gasteiger charge is 2.23. The van der Waals surface area contributed by atoms with Gasteiger partial charge in [-0.25, -0.2) is 0 Å². The van der Waals surface area contributed by atoms with Gasteiger partial charge in [0.25, 0.3) is 0 Å². The van der Waals surface area contributed by atoms with Crippen molar-refractivity contribution in [3.05, 3.63) is 24.3 Å². The first kappa shape index (κ1) is 16.0. The van der Waals surface area contributed by atoms with E-state index in [0.29, 0.717) is 18.0 Å². The number of amides is 2. The largest absolute Gasteiger partial charge is 0.494 e. The van der Waals surface area contributed by atoms with E-state index in [1.165, 1.54) is 0 Å². The Morgan fingerprint density at radius 2 is 1.80 bits per heavy atom. The summed E-state index contributed by atoms with van der Waals surface area (Å²) in [6.07, 6.45) is 0. The average molecular weight is 280 g/mol. The molecule has 6 nitrogen and oxygen atoms in total. The molecule has 2 amide bonds. The minimum Gasteiger partial charge on any atom is -0.494 e. The molecule has 0 aromatic heterocycles. The lowest BCUT2D eigenvalue weighted by Gasteiger charge is -2.22. The topological polar surface area (TPSA) is 87.7 Å². The molecule has 0 aliphatic rings. The Balaban J connectivity index is 2.59. The van der Waals surface area contributed by atoms with Gasteiger partial charge in [0.1, 0.15) is 5.75 Å². The van der Waals surface area contributed by atoms with Crippen LogP contribution in [0.25, 0.3) is 0 Å². The summed E-state index contributed by atoms with van der Waals surface area (Å²) in [7, 11) is 0. The summed E-state index contributed by atoms with van der Waals surface area (Å²) >= 11 is 0. The lowest BCUT2D eigenvalue weighted by molar-refractivity contribution is -0.137. The van der Waals surface area contributed by atoms with Crippen LogP contribution >= 0.6 is 0 Å². The summed E-state index contributed by atoms with van der Waals surface area (Å²) in [6, 6.07) is 6.70. The number of carbonyl (C=O) groups is 2. The Bertz CT molecular complexity index is 469. The van der Waals surface area contributed by atoms with Gasteiger partial charge in [-0.2, -0.15) is 0 Å². The maximum absolute atomic E-state index is 11.7. The molecule has 1 aromatic rings. The molecule has 0 saturated heterocycles. The fourth-order valence-corrected chi connectivity index (χ4v) is 1.39. The lowest BCUT2D eigenvalue weighted by Crippen LogP contribution is -2.50. The monoisotopic (exact) mass is 280 g/mol. The molecule has 0 unspecified atom stereocenters. The normalized spacial score (nSPS) is 10.8. The van der Waals surface area contributed by atoms with E-state index in [-0.39, 0.29) is 6.61 Å². The summed E-state index contributed by atoms with van der Waals surface area (Å²) < 4.78 is 5.27. The number of hydrogen-bond donors (Lipinski definition) is 3. The van der Waals surface area contributed by atoms with E-state index in [1.54, 1.807) is 38.1 Å². The van der Waals surface area contributed by atoms with E-state index in [0.717, 1.165) is 0 Å². The third-order valence-electron chi connectivity index (χ3n) is 2.48. The maximum Gasteiger partial charge on any atom is 0.313 e. The second kappa shape index (κ2) is 6.91. The average Bonchev–Trinajstić information content (AvgIpc) is 2.41. The lowest BCUT2D eigenvalue weighted by atomic mass is 10.1. The summed E-state index contributed by atoms with van der Waals surface area (Å²) in [5.41, 5.74) is -0.344. The van der Waals surface area contributed by atoms with Crippen molar-refractivity contribution in [1.29, 1.82) is 0 Å². The van der Waals surface area contributed by atoms with Crippen molar-refractivity contribution in [2.45, 2.75) is 26.3 Å². The quantitative estimate of drug-likeness (QED) is 0.700. The molecule has 0 spiro atoms. The van der Waals surface area contributed by atoms with Gasteiger partial charge >= 0.3 is 11.8 Å². The molecule has 0 saturated carbocycles. The molecular weight excluding hydrogens is 260 g/mol. The number of carbonyl (C=O) groups excluding carboxylic acids is 2. The summed E-state index contributed by atoms with van der Waals surface area (Å²) in [6.45, 7) is 5.42. The van der Waals surface area contributed by atoms with E-state index in [1.807, 2.05) is 6.92 Å².